The van der Waals surface area contributed by atoms with Crippen LogP contribution in [-0.2, 0) is 17.8 Å². The lowest BCUT2D eigenvalue weighted by molar-refractivity contribution is -0.116. The molecule has 0 radical (unpaired) electrons. The van der Waals surface area contributed by atoms with Crippen molar-refractivity contribution < 1.29 is 19.2 Å². The van der Waals surface area contributed by atoms with Gasteiger partial charge in [0.05, 0.1) is 24.1 Å². The third kappa shape index (κ3) is 3.71. The number of carbonyl (C=O) groups excluding carboxylic acids is 2. The van der Waals surface area contributed by atoms with Gasteiger partial charge in [0.15, 0.2) is 0 Å². The number of rotatable bonds is 6. The van der Waals surface area contributed by atoms with Gasteiger partial charge in [0.25, 0.3) is 5.91 Å². The van der Waals surface area contributed by atoms with E-state index in [9.17, 15) is 14.7 Å². The largest absolute Gasteiger partial charge is 0.508 e. The number of phenols is 1. The maximum absolute atomic E-state index is 12.8. The van der Waals surface area contributed by atoms with Gasteiger partial charge in [-0.05, 0) is 38.0 Å². The molecule has 9 nitrogen and oxygen atoms in total. The van der Waals surface area contributed by atoms with Gasteiger partial charge in [-0.25, -0.2) is 9.69 Å². The van der Waals surface area contributed by atoms with E-state index in [0.717, 1.165) is 21.7 Å². The summed E-state index contributed by atoms with van der Waals surface area (Å²) in [4.78, 5) is 27.9. The Hall–Kier alpha value is -3.62. The van der Waals surface area contributed by atoms with Crippen LogP contribution in [0.5, 0.6) is 5.75 Å². The summed E-state index contributed by atoms with van der Waals surface area (Å²) < 4.78 is 6.82. The summed E-state index contributed by atoms with van der Waals surface area (Å²) in [6.07, 6.45) is 3.78. The van der Waals surface area contributed by atoms with E-state index in [1.807, 2.05) is 13.8 Å². The molecule has 1 aliphatic heterocycles. The highest BCUT2D eigenvalue weighted by molar-refractivity contribution is 6.19. The lowest BCUT2D eigenvalue weighted by atomic mass is 10.1. The Morgan fingerprint density at radius 1 is 1.17 bits per heavy atom. The number of anilines is 1. The molecule has 0 atom stereocenters. The van der Waals surface area contributed by atoms with Crippen LogP contribution < -0.4 is 4.90 Å². The van der Waals surface area contributed by atoms with Gasteiger partial charge in [0.1, 0.15) is 18.1 Å². The summed E-state index contributed by atoms with van der Waals surface area (Å²) in [7, 11) is 0. The zero-order valence-corrected chi connectivity index (χ0v) is 16.2. The number of amides is 3. The van der Waals surface area contributed by atoms with E-state index in [1.165, 1.54) is 11.1 Å². The number of nitrogens with zero attached hydrogens (tertiary/aromatic N) is 5. The first-order chi connectivity index (χ1) is 13.9. The molecular weight excluding hydrogens is 374 g/mol. The third-order valence-corrected chi connectivity index (χ3v) is 5.02. The molecule has 1 N–H and O–H groups in total. The Kier molecular flexibility index (Phi) is 4.79. The minimum atomic E-state index is -0.356. The summed E-state index contributed by atoms with van der Waals surface area (Å²) in [6, 6.07) is 6.45. The van der Waals surface area contributed by atoms with Crippen LogP contribution in [0.4, 0.5) is 10.5 Å². The first-order valence-corrected chi connectivity index (χ1v) is 9.26. The second-order valence-electron chi connectivity index (χ2n) is 7.05. The number of benzene rings is 1. The normalized spacial score (nSPS) is 14.3. The molecule has 1 aromatic carbocycles. The molecule has 9 heteroatoms. The molecule has 3 amide bonds. The van der Waals surface area contributed by atoms with Crippen LogP contribution in [0.1, 0.15) is 22.6 Å². The minimum Gasteiger partial charge on any atom is -0.508 e. The van der Waals surface area contributed by atoms with Gasteiger partial charge in [-0.3, -0.25) is 9.48 Å². The van der Waals surface area contributed by atoms with Crippen molar-refractivity contribution in [3.63, 3.8) is 0 Å². The Morgan fingerprint density at radius 2 is 1.93 bits per heavy atom. The summed E-state index contributed by atoms with van der Waals surface area (Å²) in [6.45, 7) is 4.59. The van der Waals surface area contributed by atoms with Crippen LogP contribution in [0.3, 0.4) is 0 Å². The fourth-order valence-electron chi connectivity index (χ4n) is 3.35. The SMILES string of the molecule is Cc1noc(C)c1Cn1cc(N2C(=O)CN(CCc3ccc(O)cc3)C2=O)cn1. The third-order valence-electron chi connectivity index (χ3n) is 5.02. The fraction of sp³-hybridized carbons (Fsp3) is 0.300. The Balaban J connectivity index is 1.43. The molecule has 2 aromatic heterocycles. The van der Waals surface area contributed by atoms with Crippen molar-refractivity contribution in [1.82, 2.24) is 19.8 Å². The second-order valence-corrected chi connectivity index (χ2v) is 7.05. The average molecular weight is 395 g/mol. The van der Waals surface area contributed by atoms with Crippen molar-refractivity contribution in [3.05, 3.63) is 59.2 Å². The number of phenolic OH excluding ortho intramolecular Hbond substituents is 1. The van der Waals surface area contributed by atoms with Crippen LogP contribution in [-0.4, -0.2) is 50.0 Å². The molecule has 0 bridgehead atoms. The molecule has 0 unspecified atom stereocenters. The Labute approximate surface area is 167 Å². The van der Waals surface area contributed by atoms with Crippen molar-refractivity contribution in [1.29, 1.82) is 0 Å². The summed E-state index contributed by atoms with van der Waals surface area (Å²) in [5.74, 6) is 0.631. The Bertz CT molecular complexity index is 1030. The van der Waals surface area contributed by atoms with Crippen LogP contribution in [0, 0.1) is 13.8 Å². The molecule has 0 aliphatic carbocycles. The number of hydrogen-bond donors (Lipinski definition) is 1. The van der Waals surface area contributed by atoms with E-state index in [0.29, 0.717) is 31.0 Å². The summed E-state index contributed by atoms with van der Waals surface area (Å²) in [5.41, 5.74) is 3.13. The second kappa shape index (κ2) is 7.42. The van der Waals surface area contributed by atoms with Crippen molar-refractivity contribution >= 4 is 17.6 Å². The standard InChI is InChI=1S/C20H21N5O4/c1-13-18(14(2)29-22-13)11-24-10-16(9-21-24)25-19(27)12-23(20(25)28)8-7-15-3-5-17(26)6-4-15/h3-6,9-10,26H,7-8,11-12H2,1-2H3. The summed E-state index contributed by atoms with van der Waals surface area (Å²) >= 11 is 0. The predicted octanol–water partition coefficient (Wildman–Crippen LogP) is 2.25. The van der Waals surface area contributed by atoms with Crippen LogP contribution in [0.2, 0.25) is 0 Å². The highest BCUT2D eigenvalue weighted by atomic mass is 16.5. The maximum Gasteiger partial charge on any atom is 0.331 e. The van der Waals surface area contributed by atoms with E-state index in [4.69, 9.17) is 4.52 Å². The lowest BCUT2D eigenvalue weighted by Crippen LogP contribution is -2.33. The highest BCUT2D eigenvalue weighted by Crippen LogP contribution is 2.22. The molecule has 1 saturated heterocycles. The van der Waals surface area contributed by atoms with Gasteiger partial charge in [-0.2, -0.15) is 5.10 Å². The molecule has 3 heterocycles. The first kappa shape index (κ1) is 18.7. The first-order valence-electron chi connectivity index (χ1n) is 9.26. The predicted molar refractivity (Wildman–Crippen MR) is 104 cm³/mol. The number of aromatic hydroxyl groups is 1. The van der Waals surface area contributed by atoms with Crippen molar-refractivity contribution in [2.24, 2.45) is 0 Å². The van der Waals surface area contributed by atoms with Gasteiger partial charge in [0, 0.05) is 18.3 Å². The monoisotopic (exact) mass is 395 g/mol. The molecule has 0 spiro atoms. The van der Waals surface area contributed by atoms with E-state index >= 15 is 0 Å². The molecule has 3 aromatic rings. The minimum absolute atomic E-state index is 0.0337. The fourth-order valence-corrected chi connectivity index (χ4v) is 3.35. The molecule has 1 aliphatic rings. The van der Waals surface area contributed by atoms with Crippen LogP contribution in [0.15, 0.2) is 41.2 Å². The number of aryl methyl sites for hydroxylation is 2. The van der Waals surface area contributed by atoms with Crippen molar-refractivity contribution in [2.45, 2.75) is 26.8 Å². The maximum atomic E-state index is 12.8. The molecule has 150 valence electrons. The van der Waals surface area contributed by atoms with Gasteiger partial charge in [-0.15, -0.1) is 0 Å². The zero-order valence-electron chi connectivity index (χ0n) is 16.2. The molecule has 4 rings (SSSR count). The van der Waals surface area contributed by atoms with E-state index in [1.54, 1.807) is 35.1 Å². The lowest BCUT2D eigenvalue weighted by Gasteiger charge is -2.16. The Morgan fingerprint density at radius 3 is 2.62 bits per heavy atom. The number of urea groups is 1. The highest BCUT2D eigenvalue weighted by Gasteiger charge is 2.37. The van der Waals surface area contributed by atoms with Gasteiger partial charge in [0.2, 0.25) is 0 Å². The molecule has 0 saturated carbocycles. The van der Waals surface area contributed by atoms with Gasteiger partial charge < -0.3 is 14.5 Å². The molecule has 1 fully saturated rings. The average Bonchev–Trinajstić information content (AvgIpc) is 3.36. The number of hydrogen-bond acceptors (Lipinski definition) is 6. The smallest absolute Gasteiger partial charge is 0.331 e. The van der Waals surface area contributed by atoms with Crippen molar-refractivity contribution in [2.75, 3.05) is 18.0 Å². The quantitative estimate of drug-likeness (QED) is 0.642. The number of imide groups is 1. The van der Waals surface area contributed by atoms with E-state index < -0.39 is 0 Å². The van der Waals surface area contributed by atoms with Crippen LogP contribution in [0.25, 0.3) is 0 Å². The van der Waals surface area contributed by atoms with Crippen LogP contribution >= 0.6 is 0 Å². The molecule has 29 heavy (non-hydrogen) atoms. The number of carbonyl (C=O) groups is 2. The number of aromatic nitrogens is 3. The van der Waals surface area contributed by atoms with E-state index in [2.05, 4.69) is 10.3 Å². The molecular formula is C20H21N5O4. The summed E-state index contributed by atoms with van der Waals surface area (Å²) in [5, 5.41) is 17.6. The van der Waals surface area contributed by atoms with Crippen molar-refractivity contribution in [3.8, 4) is 5.75 Å². The zero-order chi connectivity index (χ0) is 20.5. The van der Waals surface area contributed by atoms with E-state index in [-0.39, 0.29) is 24.2 Å². The van der Waals surface area contributed by atoms with Gasteiger partial charge >= 0.3 is 6.03 Å². The topological polar surface area (TPSA) is 105 Å². The van der Waals surface area contributed by atoms with Gasteiger partial charge in [-0.1, -0.05) is 17.3 Å².